The summed E-state index contributed by atoms with van der Waals surface area (Å²) in [5.41, 5.74) is 7.88. The van der Waals surface area contributed by atoms with Gasteiger partial charge in [-0.15, -0.1) is 0 Å². The first kappa shape index (κ1) is 11.6. The highest BCUT2D eigenvalue weighted by Crippen LogP contribution is 2.28. The molecule has 0 aliphatic heterocycles. The summed E-state index contributed by atoms with van der Waals surface area (Å²) < 4.78 is 24.4. The highest BCUT2D eigenvalue weighted by atomic mass is 19.3. The molecule has 0 spiro atoms. The number of nitrogens with zero attached hydrogens (tertiary/aromatic N) is 1. The molecule has 2 rings (SSSR count). The molecule has 0 atom stereocenters. The number of hydrogen-bond donors (Lipinski definition) is 2. The van der Waals surface area contributed by atoms with Crippen LogP contribution in [0.15, 0.2) is 24.4 Å². The topological polar surface area (TPSA) is 50.9 Å². The summed E-state index contributed by atoms with van der Waals surface area (Å²) in [5, 5.41) is 4.30. The number of nitrogens with one attached hydrogen (secondary N) is 1. The van der Waals surface area contributed by atoms with Crippen molar-refractivity contribution in [3.63, 3.8) is 0 Å². The van der Waals surface area contributed by atoms with Crippen LogP contribution in [0.25, 0.3) is 10.8 Å². The van der Waals surface area contributed by atoms with E-state index in [9.17, 15) is 8.78 Å². The number of fused-ring (bicyclic) bond motifs is 1. The van der Waals surface area contributed by atoms with E-state index >= 15 is 0 Å². The van der Waals surface area contributed by atoms with Crippen LogP contribution in [0, 0.1) is 6.92 Å². The van der Waals surface area contributed by atoms with Gasteiger partial charge in [-0.25, -0.2) is 8.78 Å². The number of nitrogen functional groups attached to an aromatic ring is 1. The highest BCUT2D eigenvalue weighted by molar-refractivity contribution is 6.00. The van der Waals surface area contributed by atoms with Crippen molar-refractivity contribution < 1.29 is 8.78 Å². The Balaban J connectivity index is 2.48. The largest absolute Gasteiger partial charge is 0.398 e. The fourth-order valence-electron chi connectivity index (χ4n) is 1.71. The van der Waals surface area contributed by atoms with Gasteiger partial charge in [0.15, 0.2) is 0 Å². The monoisotopic (exact) mass is 237 g/mol. The molecular formula is C12H13F2N3. The molecule has 1 aromatic carbocycles. The van der Waals surface area contributed by atoms with Crippen molar-refractivity contribution in [2.24, 2.45) is 0 Å². The van der Waals surface area contributed by atoms with E-state index in [2.05, 4.69) is 10.3 Å². The standard InChI is InChI=1S/C12H13F2N3/c1-7-4-8-9(5-16-7)10(15)2-3-11(8)17-6-12(13)14/h2-5,12,17H,6,15H2,1H3. The number of rotatable bonds is 3. The Morgan fingerprint density at radius 2 is 2.12 bits per heavy atom. The number of halogens is 2. The molecule has 3 nitrogen and oxygen atoms in total. The van der Waals surface area contributed by atoms with Crippen LogP contribution in [0.3, 0.4) is 0 Å². The Labute approximate surface area is 97.6 Å². The van der Waals surface area contributed by atoms with E-state index in [1.807, 2.05) is 13.0 Å². The summed E-state index contributed by atoms with van der Waals surface area (Å²) in [6.07, 6.45) is -0.723. The van der Waals surface area contributed by atoms with Gasteiger partial charge < -0.3 is 11.1 Å². The van der Waals surface area contributed by atoms with Crippen molar-refractivity contribution in [2.75, 3.05) is 17.6 Å². The molecule has 90 valence electrons. The molecule has 0 bridgehead atoms. The molecule has 1 heterocycles. The Bertz CT molecular complexity index is 541. The van der Waals surface area contributed by atoms with Crippen LogP contribution in [-0.4, -0.2) is 18.0 Å². The number of pyridine rings is 1. The fraction of sp³-hybridized carbons (Fsp3) is 0.250. The van der Waals surface area contributed by atoms with Gasteiger partial charge in [0.05, 0.1) is 6.54 Å². The SMILES string of the molecule is Cc1cc2c(NCC(F)F)ccc(N)c2cn1. The van der Waals surface area contributed by atoms with Crippen molar-refractivity contribution in [3.05, 3.63) is 30.1 Å². The van der Waals surface area contributed by atoms with E-state index in [1.165, 1.54) is 0 Å². The van der Waals surface area contributed by atoms with Crippen LogP contribution < -0.4 is 11.1 Å². The van der Waals surface area contributed by atoms with Gasteiger partial charge in [-0.3, -0.25) is 4.98 Å². The molecule has 0 saturated heterocycles. The first-order valence-corrected chi connectivity index (χ1v) is 5.25. The van der Waals surface area contributed by atoms with E-state index < -0.39 is 6.43 Å². The number of alkyl halides is 2. The van der Waals surface area contributed by atoms with Crippen LogP contribution in [-0.2, 0) is 0 Å². The van der Waals surface area contributed by atoms with Crippen molar-refractivity contribution in [1.29, 1.82) is 0 Å². The molecule has 17 heavy (non-hydrogen) atoms. The summed E-state index contributed by atoms with van der Waals surface area (Å²) in [7, 11) is 0. The molecule has 0 unspecified atom stereocenters. The van der Waals surface area contributed by atoms with Gasteiger partial charge in [-0.1, -0.05) is 0 Å². The molecule has 0 saturated carbocycles. The van der Waals surface area contributed by atoms with E-state index in [4.69, 9.17) is 5.73 Å². The second-order valence-electron chi connectivity index (χ2n) is 3.85. The molecule has 0 aliphatic rings. The molecular weight excluding hydrogens is 224 g/mol. The minimum absolute atomic E-state index is 0.375. The van der Waals surface area contributed by atoms with Crippen LogP contribution >= 0.6 is 0 Å². The quantitative estimate of drug-likeness (QED) is 0.807. The Morgan fingerprint density at radius 3 is 2.82 bits per heavy atom. The normalized spacial score (nSPS) is 11.1. The number of benzene rings is 1. The van der Waals surface area contributed by atoms with Gasteiger partial charge in [0, 0.05) is 34.0 Å². The minimum atomic E-state index is -2.38. The molecule has 0 amide bonds. The van der Waals surface area contributed by atoms with Crippen LogP contribution in [0.4, 0.5) is 20.2 Å². The van der Waals surface area contributed by atoms with Crippen molar-refractivity contribution in [2.45, 2.75) is 13.3 Å². The van der Waals surface area contributed by atoms with Gasteiger partial charge in [-0.2, -0.15) is 0 Å². The van der Waals surface area contributed by atoms with Gasteiger partial charge in [0.25, 0.3) is 6.43 Å². The Morgan fingerprint density at radius 1 is 1.35 bits per heavy atom. The maximum absolute atomic E-state index is 12.2. The average molecular weight is 237 g/mol. The third kappa shape index (κ3) is 2.43. The van der Waals surface area contributed by atoms with Crippen LogP contribution in [0.1, 0.15) is 5.69 Å². The highest BCUT2D eigenvalue weighted by Gasteiger charge is 2.07. The zero-order chi connectivity index (χ0) is 12.4. The van der Waals surface area contributed by atoms with Crippen LogP contribution in [0.5, 0.6) is 0 Å². The lowest BCUT2D eigenvalue weighted by atomic mass is 10.1. The molecule has 1 aromatic heterocycles. The molecule has 0 radical (unpaired) electrons. The second-order valence-corrected chi connectivity index (χ2v) is 3.85. The number of anilines is 2. The van der Waals surface area contributed by atoms with Gasteiger partial charge in [-0.05, 0) is 25.1 Å². The lowest BCUT2D eigenvalue weighted by molar-refractivity contribution is 0.163. The number of aromatic nitrogens is 1. The number of hydrogen-bond acceptors (Lipinski definition) is 3. The van der Waals surface area contributed by atoms with Crippen molar-refractivity contribution in [3.8, 4) is 0 Å². The molecule has 3 N–H and O–H groups in total. The van der Waals surface area contributed by atoms with E-state index in [1.54, 1.807) is 18.3 Å². The number of aryl methyl sites for hydroxylation is 1. The fourth-order valence-corrected chi connectivity index (χ4v) is 1.71. The minimum Gasteiger partial charge on any atom is -0.398 e. The summed E-state index contributed by atoms with van der Waals surface area (Å²) in [4.78, 5) is 4.15. The zero-order valence-corrected chi connectivity index (χ0v) is 9.37. The smallest absolute Gasteiger partial charge is 0.255 e. The van der Waals surface area contributed by atoms with Gasteiger partial charge in [0.2, 0.25) is 0 Å². The molecule has 2 aromatic rings. The van der Waals surface area contributed by atoms with E-state index in [0.29, 0.717) is 11.4 Å². The summed E-state index contributed by atoms with van der Waals surface area (Å²) >= 11 is 0. The van der Waals surface area contributed by atoms with E-state index in [0.717, 1.165) is 16.5 Å². The third-order valence-electron chi connectivity index (χ3n) is 2.52. The third-order valence-corrected chi connectivity index (χ3v) is 2.52. The lowest BCUT2D eigenvalue weighted by Gasteiger charge is -2.11. The van der Waals surface area contributed by atoms with Crippen molar-refractivity contribution in [1.82, 2.24) is 4.98 Å². The first-order chi connectivity index (χ1) is 8.08. The summed E-state index contributed by atoms with van der Waals surface area (Å²) in [6.45, 7) is 1.47. The maximum Gasteiger partial charge on any atom is 0.255 e. The second kappa shape index (κ2) is 4.53. The zero-order valence-electron chi connectivity index (χ0n) is 9.37. The maximum atomic E-state index is 12.2. The Kier molecular flexibility index (Phi) is 3.08. The predicted molar refractivity (Wildman–Crippen MR) is 65.4 cm³/mol. The summed E-state index contributed by atoms with van der Waals surface area (Å²) in [5.74, 6) is 0. The predicted octanol–water partition coefficient (Wildman–Crippen LogP) is 2.80. The summed E-state index contributed by atoms with van der Waals surface area (Å²) in [6, 6.07) is 5.23. The first-order valence-electron chi connectivity index (χ1n) is 5.25. The Hall–Kier alpha value is -1.91. The van der Waals surface area contributed by atoms with Gasteiger partial charge >= 0.3 is 0 Å². The van der Waals surface area contributed by atoms with Crippen LogP contribution in [0.2, 0.25) is 0 Å². The molecule has 0 fully saturated rings. The van der Waals surface area contributed by atoms with Gasteiger partial charge in [0.1, 0.15) is 0 Å². The average Bonchev–Trinajstić information content (AvgIpc) is 2.28. The molecule has 5 heteroatoms. The van der Waals surface area contributed by atoms with Crippen molar-refractivity contribution >= 4 is 22.1 Å². The molecule has 0 aliphatic carbocycles. The lowest BCUT2D eigenvalue weighted by Crippen LogP contribution is -2.10. The number of nitrogens with two attached hydrogens (primary N) is 1. The van der Waals surface area contributed by atoms with E-state index in [-0.39, 0.29) is 6.54 Å².